The van der Waals surface area contributed by atoms with Crippen LogP contribution in [0, 0.1) is 6.92 Å². The third kappa shape index (κ3) is 4.20. The maximum Gasteiger partial charge on any atom is 0.215 e. The quantitative estimate of drug-likeness (QED) is 0.192. The van der Waals surface area contributed by atoms with Crippen molar-refractivity contribution in [3.8, 4) is 39.2 Å². The van der Waals surface area contributed by atoms with Crippen molar-refractivity contribution in [2.24, 2.45) is 0 Å². The second-order valence-corrected chi connectivity index (χ2v) is 13.0. The Morgan fingerprint density at radius 1 is 0.581 bits per heavy atom. The molecule has 0 atom stereocenters. The lowest BCUT2D eigenvalue weighted by molar-refractivity contribution is -0.678. The Kier molecular flexibility index (Phi) is 5.71. The van der Waals surface area contributed by atoms with Gasteiger partial charge in [-0.15, -0.1) is 0 Å². The summed E-state index contributed by atoms with van der Waals surface area (Å²) >= 11 is 0. The van der Waals surface area contributed by atoms with Crippen molar-refractivity contribution >= 4 is 21.8 Å². The van der Waals surface area contributed by atoms with Crippen molar-refractivity contribution in [2.75, 3.05) is 0 Å². The molecule has 2 nitrogen and oxygen atoms in total. The van der Waals surface area contributed by atoms with Crippen LogP contribution in [0.5, 0.6) is 0 Å². The molecule has 0 unspecified atom stereocenters. The van der Waals surface area contributed by atoms with Crippen LogP contribution in [-0.4, -0.2) is 4.57 Å². The second-order valence-electron chi connectivity index (χ2n) is 13.0. The number of hydrogen-bond acceptors (Lipinski definition) is 0. The number of benzene rings is 5. The van der Waals surface area contributed by atoms with E-state index in [1.165, 1.54) is 77.8 Å². The van der Waals surface area contributed by atoms with Crippen LogP contribution in [0.25, 0.3) is 61.0 Å². The van der Waals surface area contributed by atoms with E-state index in [0.717, 1.165) is 6.54 Å². The average molecular weight is 556 g/mol. The smallest absolute Gasteiger partial charge is 0.215 e. The fourth-order valence-electron chi connectivity index (χ4n) is 6.84. The molecule has 7 aromatic rings. The van der Waals surface area contributed by atoms with Crippen molar-refractivity contribution in [1.82, 2.24) is 4.57 Å². The predicted molar refractivity (Wildman–Crippen MR) is 180 cm³/mol. The molecule has 0 amide bonds. The van der Waals surface area contributed by atoms with Crippen LogP contribution in [0.3, 0.4) is 0 Å². The van der Waals surface area contributed by atoms with E-state index in [2.05, 4.69) is 164 Å². The lowest BCUT2D eigenvalue weighted by Crippen LogP contribution is -2.36. The minimum absolute atomic E-state index is 0.134. The van der Waals surface area contributed by atoms with Gasteiger partial charge in [-0.3, -0.25) is 0 Å². The minimum Gasteiger partial charge on any atom is -0.309 e. The molecule has 0 saturated heterocycles. The summed E-state index contributed by atoms with van der Waals surface area (Å²) in [5.74, 6) is 0. The fourth-order valence-corrected chi connectivity index (χ4v) is 6.84. The molecule has 208 valence electrons. The van der Waals surface area contributed by atoms with Gasteiger partial charge in [0.15, 0.2) is 12.2 Å². The zero-order valence-electron chi connectivity index (χ0n) is 25.2. The van der Waals surface area contributed by atoms with E-state index in [9.17, 15) is 0 Å². The lowest BCUT2D eigenvalue weighted by atomic mass is 9.85. The van der Waals surface area contributed by atoms with Gasteiger partial charge in [0.1, 0.15) is 0 Å². The first-order valence-electron chi connectivity index (χ1n) is 15.2. The van der Waals surface area contributed by atoms with Crippen molar-refractivity contribution in [2.45, 2.75) is 39.7 Å². The summed E-state index contributed by atoms with van der Waals surface area (Å²) in [6, 6.07) is 47.1. The zero-order valence-corrected chi connectivity index (χ0v) is 25.2. The molecule has 2 aromatic heterocycles. The van der Waals surface area contributed by atoms with Gasteiger partial charge in [0, 0.05) is 35.4 Å². The van der Waals surface area contributed by atoms with Crippen LogP contribution in [0.15, 0.2) is 127 Å². The topological polar surface area (TPSA) is 8.81 Å². The summed E-state index contributed by atoms with van der Waals surface area (Å²) in [6.45, 7) is 10.1. The molecular weight excluding hydrogens is 520 g/mol. The van der Waals surface area contributed by atoms with Crippen LogP contribution >= 0.6 is 0 Å². The van der Waals surface area contributed by atoms with Crippen molar-refractivity contribution in [3.63, 3.8) is 0 Å². The third-order valence-electron chi connectivity index (χ3n) is 9.17. The highest BCUT2D eigenvalue weighted by atomic mass is 15.0. The Hall–Kier alpha value is -4.95. The van der Waals surface area contributed by atoms with Gasteiger partial charge >= 0.3 is 0 Å². The number of pyridine rings is 1. The highest BCUT2D eigenvalue weighted by Gasteiger charge is 2.31. The monoisotopic (exact) mass is 555 g/mol. The van der Waals surface area contributed by atoms with Crippen molar-refractivity contribution in [1.29, 1.82) is 0 Å². The van der Waals surface area contributed by atoms with Crippen LogP contribution in [0.4, 0.5) is 0 Å². The number of aryl methyl sites for hydroxylation is 1. The summed E-state index contributed by atoms with van der Waals surface area (Å²) in [4.78, 5) is 0. The van der Waals surface area contributed by atoms with Crippen molar-refractivity contribution < 1.29 is 4.57 Å². The molecule has 1 aliphatic heterocycles. The molecule has 0 N–H and O–H groups in total. The predicted octanol–water partition coefficient (Wildman–Crippen LogP) is 10.0. The Labute approximate surface area is 253 Å². The normalized spacial score (nSPS) is 12.6. The summed E-state index contributed by atoms with van der Waals surface area (Å²) < 4.78 is 4.93. The summed E-state index contributed by atoms with van der Waals surface area (Å²) in [6.07, 6.45) is 0. The summed E-state index contributed by atoms with van der Waals surface area (Å²) in [5, 5.41) is 2.55. The van der Waals surface area contributed by atoms with Crippen LogP contribution in [-0.2, 0) is 12.0 Å². The standard InChI is InChI=1S/C41H35N2/c1-27-21-34(25-40-35-18-17-33(41(2,3)4)22-32(35)26-42(27)40)43-38-19-15-30(28-11-7-5-8-12-28)23-36(38)37-24-31(16-20-39(37)43)29-13-9-6-10-14-29/h5-25H,26H2,1-4H3/q+1. The molecular formula is C41H35N2+. The highest BCUT2D eigenvalue weighted by Crippen LogP contribution is 2.39. The molecule has 2 heteroatoms. The van der Waals surface area contributed by atoms with E-state index >= 15 is 0 Å². The van der Waals surface area contributed by atoms with Gasteiger partial charge < -0.3 is 4.57 Å². The minimum atomic E-state index is 0.134. The fraction of sp³-hybridized carbons (Fsp3) is 0.146. The van der Waals surface area contributed by atoms with Crippen LogP contribution < -0.4 is 4.57 Å². The molecule has 0 spiro atoms. The summed E-state index contributed by atoms with van der Waals surface area (Å²) in [5.41, 5.74) is 15.5. The van der Waals surface area contributed by atoms with E-state index < -0.39 is 0 Å². The Bertz CT molecular complexity index is 2080. The number of hydrogen-bond donors (Lipinski definition) is 0. The number of aromatic nitrogens is 2. The maximum absolute atomic E-state index is 2.47. The van der Waals surface area contributed by atoms with Gasteiger partial charge in [-0.05, 0) is 69.6 Å². The number of fused-ring (bicyclic) bond motifs is 6. The average Bonchev–Trinajstić information content (AvgIpc) is 3.56. The van der Waals surface area contributed by atoms with Crippen molar-refractivity contribution in [3.05, 3.63) is 144 Å². The second kappa shape index (κ2) is 9.54. The van der Waals surface area contributed by atoms with Crippen LogP contribution in [0.2, 0.25) is 0 Å². The molecule has 0 bridgehead atoms. The molecule has 0 radical (unpaired) electrons. The first-order valence-corrected chi connectivity index (χ1v) is 15.2. The molecule has 3 heterocycles. The van der Waals surface area contributed by atoms with Gasteiger partial charge in [-0.2, -0.15) is 4.57 Å². The van der Waals surface area contributed by atoms with E-state index in [4.69, 9.17) is 0 Å². The zero-order chi connectivity index (χ0) is 29.3. The Balaban J connectivity index is 1.36. The third-order valence-corrected chi connectivity index (χ3v) is 9.17. The Morgan fingerprint density at radius 2 is 1.16 bits per heavy atom. The number of rotatable bonds is 3. The number of nitrogens with zero attached hydrogens (tertiary/aromatic N) is 2. The van der Waals surface area contributed by atoms with E-state index in [-0.39, 0.29) is 5.41 Å². The Morgan fingerprint density at radius 3 is 1.72 bits per heavy atom. The first-order chi connectivity index (χ1) is 20.8. The van der Waals surface area contributed by atoms with Gasteiger partial charge in [0.2, 0.25) is 5.69 Å². The molecule has 1 aliphatic rings. The SMILES string of the molecule is Cc1cc(-n2c3ccc(-c4ccccc4)cc3c3cc(-c4ccccc4)ccc32)cc2[n+]1Cc1cc(C(C)(C)C)ccc1-2. The van der Waals surface area contributed by atoms with E-state index in [0.29, 0.717) is 0 Å². The highest BCUT2D eigenvalue weighted by molar-refractivity contribution is 6.11. The molecule has 0 fully saturated rings. The molecule has 8 rings (SSSR count). The van der Waals surface area contributed by atoms with Gasteiger partial charge in [-0.1, -0.05) is 99.6 Å². The largest absolute Gasteiger partial charge is 0.309 e. The molecule has 5 aromatic carbocycles. The molecule has 0 saturated carbocycles. The van der Waals surface area contributed by atoms with Gasteiger partial charge in [0.25, 0.3) is 0 Å². The maximum atomic E-state index is 2.47. The van der Waals surface area contributed by atoms with Gasteiger partial charge in [0.05, 0.1) is 22.3 Å². The van der Waals surface area contributed by atoms with E-state index in [1.807, 2.05) is 0 Å². The van der Waals surface area contributed by atoms with Gasteiger partial charge in [-0.25, -0.2) is 0 Å². The van der Waals surface area contributed by atoms with Crippen LogP contribution in [0.1, 0.15) is 37.6 Å². The summed E-state index contributed by atoms with van der Waals surface area (Å²) in [7, 11) is 0. The molecule has 43 heavy (non-hydrogen) atoms. The first kappa shape index (κ1) is 25.7. The lowest BCUT2D eigenvalue weighted by Gasteiger charge is -2.19. The van der Waals surface area contributed by atoms with E-state index in [1.54, 1.807) is 0 Å². The molecule has 0 aliphatic carbocycles.